The van der Waals surface area contributed by atoms with E-state index in [1.807, 2.05) is 0 Å². The summed E-state index contributed by atoms with van der Waals surface area (Å²) >= 11 is 2.07. The van der Waals surface area contributed by atoms with Gasteiger partial charge in [-0.1, -0.05) is 33.6 Å². The molecule has 3 nitrogen and oxygen atoms in total. The van der Waals surface area contributed by atoms with E-state index in [1.165, 1.54) is 25.0 Å². The number of amides is 1. The molecule has 0 aliphatic carbocycles. The summed E-state index contributed by atoms with van der Waals surface area (Å²) in [6, 6.07) is 0.0670. The minimum absolute atomic E-state index is 0.0670. The van der Waals surface area contributed by atoms with Crippen LogP contribution < -0.4 is 5.32 Å². The first-order valence-electron chi connectivity index (χ1n) is 8.30. The van der Waals surface area contributed by atoms with Gasteiger partial charge in [-0.2, -0.15) is 11.8 Å². The smallest absolute Gasteiger partial charge is 0.241 e. The van der Waals surface area contributed by atoms with E-state index in [0.717, 1.165) is 25.8 Å². The van der Waals surface area contributed by atoms with E-state index in [-0.39, 0.29) is 12.2 Å². The van der Waals surface area contributed by atoms with Crippen molar-refractivity contribution >= 4 is 17.7 Å². The Morgan fingerprint density at radius 1 is 1.40 bits per heavy atom. The molecule has 2 aliphatic rings. The van der Waals surface area contributed by atoms with E-state index in [2.05, 4.69) is 42.7 Å². The van der Waals surface area contributed by atoms with Gasteiger partial charge in [-0.3, -0.25) is 10.1 Å². The third-order valence-corrected chi connectivity index (χ3v) is 5.68. The molecule has 2 fully saturated rings. The first-order chi connectivity index (χ1) is 9.61. The lowest BCUT2D eigenvalue weighted by Crippen LogP contribution is -2.42. The second-order valence-electron chi connectivity index (χ2n) is 6.63. The van der Waals surface area contributed by atoms with Crippen molar-refractivity contribution < 1.29 is 4.79 Å². The lowest BCUT2D eigenvalue weighted by molar-refractivity contribution is -0.130. The van der Waals surface area contributed by atoms with Crippen LogP contribution in [0.25, 0.3) is 0 Å². The van der Waals surface area contributed by atoms with Gasteiger partial charge in [0.1, 0.15) is 0 Å². The Bertz CT molecular complexity index is 316. The van der Waals surface area contributed by atoms with Crippen molar-refractivity contribution in [1.82, 2.24) is 10.2 Å². The molecule has 0 bridgehead atoms. The van der Waals surface area contributed by atoms with Gasteiger partial charge >= 0.3 is 0 Å². The van der Waals surface area contributed by atoms with Crippen molar-refractivity contribution in [2.45, 2.75) is 76.8 Å². The van der Waals surface area contributed by atoms with Crippen molar-refractivity contribution in [3.8, 4) is 0 Å². The Morgan fingerprint density at radius 3 is 2.80 bits per heavy atom. The van der Waals surface area contributed by atoms with E-state index in [9.17, 15) is 4.79 Å². The van der Waals surface area contributed by atoms with Crippen molar-refractivity contribution in [3.05, 3.63) is 0 Å². The van der Waals surface area contributed by atoms with Crippen LogP contribution in [0.4, 0.5) is 0 Å². The predicted molar refractivity (Wildman–Crippen MR) is 86.9 cm³/mol. The first kappa shape index (κ1) is 16.2. The third kappa shape index (κ3) is 4.14. The van der Waals surface area contributed by atoms with Crippen molar-refractivity contribution in [2.24, 2.45) is 5.92 Å². The Kier molecular flexibility index (Phi) is 6.21. The Balaban J connectivity index is 1.98. The van der Waals surface area contributed by atoms with Crippen molar-refractivity contribution in [1.29, 1.82) is 0 Å². The summed E-state index contributed by atoms with van der Waals surface area (Å²) in [5, 5.41) is 4.24. The molecule has 4 heteroatoms. The number of hydrogen-bond donors (Lipinski definition) is 1. The van der Waals surface area contributed by atoms with E-state index >= 15 is 0 Å². The Labute approximate surface area is 128 Å². The SMILES string of the molecule is CCCC1NC(CC(C)C)N(CC2CCCCS2)C1=O. The van der Waals surface area contributed by atoms with Gasteiger partial charge in [0.05, 0.1) is 12.2 Å². The van der Waals surface area contributed by atoms with Crippen LogP contribution in [0.15, 0.2) is 0 Å². The van der Waals surface area contributed by atoms with Gasteiger partial charge < -0.3 is 4.90 Å². The molecule has 20 heavy (non-hydrogen) atoms. The minimum Gasteiger partial charge on any atom is -0.325 e. The fourth-order valence-electron chi connectivity index (χ4n) is 3.27. The van der Waals surface area contributed by atoms with Gasteiger partial charge in [-0.15, -0.1) is 0 Å². The highest BCUT2D eigenvalue weighted by Gasteiger charge is 2.39. The van der Waals surface area contributed by atoms with E-state index < -0.39 is 0 Å². The fraction of sp³-hybridized carbons (Fsp3) is 0.938. The molecule has 0 radical (unpaired) electrons. The largest absolute Gasteiger partial charge is 0.325 e. The molecule has 2 heterocycles. The molecule has 2 aliphatic heterocycles. The van der Waals surface area contributed by atoms with Crippen LogP contribution in [-0.2, 0) is 4.79 Å². The average molecular weight is 298 g/mol. The molecule has 0 spiro atoms. The molecule has 0 aromatic heterocycles. The maximum Gasteiger partial charge on any atom is 0.241 e. The maximum absolute atomic E-state index is 12.6. The number of carbonyl (C=O) groups excluding carboxylic acids is 1. The molecule has 2 rings (SSSR count). The summed E-state index contributed by atoms with van der Waals surface area (Å²) in [6.45, 7) is 7.60. The summed E-state index contributed by atoms with van der Waals surface area (Å²) in [5.41, 5.74) is 0. The monoisotopic (exact) mass is 298 g/mol. The highest BCUT2D eigenvalue weighted by Crippen LogP contribution is 2.28. The molecule has 1 N–H and O–H groups in total. The zero-order valence-electron chi connectivity index (χ0n) is 13.2. The van der Waals surface area contributed by atoms with Gasteiger partial charge in [0, 0.05) is 11.8 Å². The van der Waals surface area contributed by atoms with Crippen LogP contribution in [0.2, 0.25) is 0 Å². The third-order valence-electron chi connectivity index (χ3n) is 4.30. The molecule has 0 aromatic rings. The number of nitrogens with zero attached hydrogens (tertiary/aromatic N) is 1. The summed E-state index contributed by atoms with van der Waals surface area (Å²) in [4.78, 5) is 14.8. The number of thioether (sulfide) groups is 1. The summed E-state index contributed by atoms with van der Waals surface area (Å²) in [5.74, 6) is 2.25. The van der Waals surface area contributed by atoms with Crippen molar-refractivity contribution in [2.75, 3.05) is 12.3 Å². The standard InChI is InChI=1S/C16H30N2OS/c1-4-7-14-16(19)18(15(17-14)10-12(2)3)11-13-8-5-6-9-20-13/h12-15,17H,4-11H2,1-3H3. The molecule has 1 amide bonds. The van der Waals surface area contributed by atoms with E-state index in [4.69, 9.17) is 0 Å². The zero-order chi connectivity index (χ0) is 14.5. The van der Waals surface area contributed by atoms with Crippen LogP contribution in [0.5, 0.6) is 0 Å². The van der Waals surface area contributed by atoms with Crippen LogP contribution in [0.3, 0.4) is 0 Å². The predicted octanol–water partition coefficient (Wildman–Crippen LogP) is 3.24. The van der Waals surface area contributed by atoms with Crippen LogP contribution in [0.1, 0.15) is 59.3 Å². The molecule has 3 unspecified atom stereocenters. The Hall–Kier alpha value is -0.220. The summed E-state index contributed by atoms with van der Waals surface area (Å²) in [6.07, 6.45) is 7.35. The zero-order valence-corrected chi connectivity index (χ0v) is 14.0. The average Bonchev–Trinajstić information content (AvgIpc) is 2.69. The quantitative estimate of drug-likeness (QED) is 0.817. The summed E-state index contributed by atoms with van der Waals surface area (Å²) in [7, 11) is 0. The van der Waals surface area contributed by atoms with Crippen molar-refractivity contribution in [3.63, 3.8) is 0 Å². The van der Waals surface area contributed by atoms with E-state index in [0.29, 0.717) is 17.1 Å². The molecular weight excluding hydrogens is 268 g/mol. The van der Waals surface area contributed by atoms with Crippen LogP contribution in [0, 0.1) is 5.92 Å². The number of hydrogen-bond acceptors (Lipinski definition) is 3. The van der Waals surface area contributed by atoms with E-state index in [1.54, 1.807) is 0 Å². The number of carbonyl (C=O) groups is 1. The van der Waals surface area contributed by atoms with Crippen LogP contribution >= 0.6 is 11.8 Å². The normalized spacial score (nSPS) is 31.3. The van der Waals surface area contributed by atoms with Gasteiger partial charge in [0.15, 0.2) is 0 Å². The summed E-state index contributed by atoms with van der Waals surface area (Å²) < 4.78 is 0. The van der Waals surface area contributed by atoms with Crippen LogP contribution in [-0.4, -0.2) is 40.6 Å². The molecule has 0 aromatic carbocycles. The molecule has 3 atom stereocenters. The van der Waals surface area contributed by atoms with Gasteiger partial charge in [-0.25, -0.2) is 0 Å². The van der Waals surface area contributed by atoms with Gasteiger partial charge in [0.2, 0.25) is 5.91 Å². The number of rotatable bonds is 6. The lowest BCUT2D eigenvalue weighted by Gasteiger charge is -2.31. The fourth-order valence-corrected chi connectivity index (χ4v) is 4.58. The highest BCUT2D eigenvalue weighted by atomic mass is 32.2. The second-order valence-corrected chi connectivity index (χ2v) is 8.04. The van der Waals surface area contributed by atoms with Gasteiger partial charge in [-0.05, 0) is 37.4 Å². The molecule has 0 saturated carbocycles. The molecule has 116 valence electrons. The van der Waals surface area contributed by atoms with Gasteiger partial charge in [0.25, 0.3) is 0 Å². The first-order valence-corrected chi connectivity index (χ1v) is 9.34. The second kappa shape index (κ2) is 7.69. The topological polar surface area (TPSA) is 32.3 Å². The molecular formula is C16H30N2OS. The highest BCUT2D eigenvalue weighted by molar-refractivity contribution is 7.99. The molecule has 2 saturated heterocycles. The minimum atomic E-state index is 0.0670. The maximum atomic E-state index is 12.6. The lowest BCUT2D eigenvalue weighted by atomic mass is 10.1. The Morgan fingerprint density at radius 2 is 2.20 bits per heavy atom. The number of nitrogens with one attached hydrogen (secondary N) is 1.